The first-order chi connectivity index (χ1) is 8.82. The van der Waals surface area contributed by atoms with Crippen molar-refractivity contribution < 1.29 is 22.4 Å². The van der Waals surface area contributed by atoms with Crippen LogP contribution in [0, 0.1) is 11.7 Å². The van der Waals surface area contributed by atoms with Crippen molar-refractivity contribution in [3.8, 4) is 0 Å². The molecule has 3 nitrogen and oxygen atoms in total. The average Bonchev–Trinajstić information content (AvgIpc) is 2.69. The van der Waals surface area contributed by atoms with E-state index in [2.05, 4.69) is 0 Å². The van der Waals surface area contributed by atoms with Crippen LogP contribution in [0.15, 0.2) is 18.2 Å². The topological polar surface area (TPSA) is 46.3 Å². The summed E-state index contributed by atoms with van der Waals surface area (Å²) < 4.78 is 50.9. The maximum absolute atomic E-state index is 13.7. The molecule has 1 amide bonds. The van der Waals surface area contributed by atoms with E-state index in [4.69, 9.17) is 5.73 Å². The number of carbonyl (C=O) groups excluding carboxylic acids is 1. The van der Waals surface area contributed by atoms with Gasteiger partial charge in [-0.1, -0.05) is 0 Å². The van der Waals surface area contributed by atoms with E-state index in [1.165, 1.54) is 0 Å². The van der Waals surface area contributed by atoms with E-state index < -0.39 is 17.6 Å². The predicted molar refractivity (Wildman–Crippen MR) is 60.9 cm³/mol. The normalized spacial score (nSPS) is 20.2. The Labute approximate surface area is 107 Å². The van der Waals surface area contributed by atoms with E-state index in [0.717, 1.165) is 17.0 Å². The second-order valence-electron chi connectivity index (χ2n) is 4.47. The van der Waals surface area contributed by atoms with Gasteiger partial charge in [0.2, 0.25) is 5.91 Å². The fourth-order valence-corrected chi connectivity index (χ4v) is 2.07. The monoisotopic (exact) mass is 276 g/mol. The van der Waals surface area contributed by atoms with Crippen molar-refractivity contribution in [2.75, 3.05) is 18.0 Å². The maximum Gasteiger partial charge on any atom is 0.416 e. The summed E-state index contributed by atoms with van der Waals surface area (Å²) in [5.74, 6) is -1.47. The van der Waals surface area contributed by atoms with Crippen molar-refractivity contribution in [2.24, 2.45) is 11.7 Å². The second-order valence-corrected chi connectivity index (χ2v) is 4.47. The van der Waals surface area contributed by atoms with Crippen molar-refractivity contribution in [1.29, 1.82) is 0 Å². The van der Waals surface area contributed by atoms with Gasteiger partial charge in [-0.05, 0) is 30.7 Å². The van der Waals surface area contributed by atoms with Crippen LogP contribution in [0.5, 0.6) is 0 Å². The maximum atomic E-state index is 13.7. The van der Waals surface area contributed by atoms with Crippen LogP contribution < -0.4 is 10.6 Å². The van der Waals surface area contributed by atoms with Crippen LogP contribution in [0.4, 0.5) is 23.2 Å². The molecule has 0 saturated carbocycles. The summed E-state index contributed by atoms with van der Waals surface area (Å²) >= 11 is 0. The fraction of sp³-hybridized carbons (Fsp3) is 0.417. The minimum Gasteiger partial charge on any atom is -0.330 e. The summed E-state index contributed by atoms with van der Waals surface area (Å²) in [6.45, 7) is 0.516. The van der Waals surface area contributed by atoms with E-state index >= 15 is 0 Å². The van der Waals surface area contributed by atoms with Gasteiger partial charge in [0.05, 0.1) is 11.3 Å². The predicted octanol–water partition coefficient (Wildman–Crippen LogP) is 2.16. The third kappa shape index (κ3) is 2.70. The van der Waals surface area contributed by atoms with Crippen molar-refractivity contribution in [3.05, 3.63) is 29.6 Å². The standard InChI is InChI=1S/C12H12F4N2O/c13-9-4-8(12(14,15)16)1-2-10(9)18-6-7(5-17)3-11(18)19/h1-2,4,7H,3,5-6,17H2. The molecule has 1 aliphatic heterocycles. The number of carbonyl (C=O) groups is 1. The van der Waals surface area contributed by atoms with Gasteiger partial charge >= 0.3 is 6.18 Å². The smallest absolute Gasteiger partial charge is 0.330 e. The molecular formula is C12H12F4N2O. The molecule has 1 fully saturated rings. The molecule has 1 atom stereocenters. The van der Waals surface area contributed by atoms with Crippen molar-refractivity contribution in [2.45, 2.75) is 12.6 Å². The molecule has 1 aromatic carbocycles. The third-order valence-corrected chi connectivity index (χ3v) is 3.10. The largest absolute Gasteiger partial charge is 0.416 e. The number of nitrogens with two attached hydrogens (primary N) is 1. The second kappa shape index (κ2) is 4.80. The first-order valence-electron chi connectivity index (χ1n) is 5.70. The number of anilines is 1. The van der Waals surface area contributed by atoms with E-state index in [-0.39, 0.29) is 37.0 Å². The van der Waals surface area contributed by atoms with Gasteiger partial charge in [0, 0.05) is 13.0 Å². The summed E-state index contributed by atoms with van der Waals surface area (Å²) in [5, 5.41) is 0. The highest BCUT2D eigenvalue weighted by Gasteiger charge is 2.34. The van der Waals surface area contributed by atoms with Crippen LogP contribution in [-0.2, 0) is 11.0 Å². The number of amides is 1. The molecule has 19 heavy (non-hydrogen) atoms. The van der Waals surface area contributed by atoms with Gasteiger partial charge in [0.1, 0.15) is 5.82 Å². The van der Waals surface area contributed by atoms with Crippen molar-refractivity contribution in [3.63, 3.8) is 0 Å². The molecule has 1 heterocycles. The van der Waals surface area contributed by atoms with Crippen LogP contribution in [0.3, 0.4) is 0 Å². The molecule has 7 heteroatoms. The van der Waals surface area contributed by atoms with Gasteiger partial charge < -0.3 is 10.6 Å². The van der Waals surface area contributed by atoms with Gasteiger partial charge in [-0.25, -0.2) is 4.39 Å². The van der Waals surface area contributed by atoms with Gasteiger partial charge in [-0.15, -0.1) is 0 Å². The lowest BCUT2D eigenvalue weighted by Gasteiger charge is -2.18. The average molecular weight is 276 g/mol. The Morgan fingerprint density at radius 1 is 1.37 bits per heavy atom. The lowest BCUT2D eigenvalue weighted by molar-refractivity contribution is -0.137. The molecular weight excluding hydrogens is 264 g/mol. The zero-order chi connectivity index (χ0) is 14.2. The highest BCUT2D eigenvalue weighted by atomic mass is 19.4. The molecule has 0 aromatic heterocycles. The Bertz CT molecular complexity index is 501. The van der Waals surface area contributed by atoms with Crippen LogP contribution in [0.25, 0.3) is 0 Å². The van der Waals surface area contributed by atoms with Crippen LogP contribution in [0.1, 0.15) is 12.0 Å². The lowest BCUT2D eigenvalue weighted by atomic mass is 10.1. The molecule has 1 aromatic rings. The first kappa shape index (κ1) is 13.8. The van der Waals surface area contributed by atoms with Crippen LogP contribution >= 0.6 is 0 Å². The summed E-state index contributed by atoms with van der Waals surface area (Å²) in [7, 11) is 0. The van der Waals surface area contributed by atoms with Gasteiger partial charge in [0.25, 0.3) is 0 Å². The fourth-order valence-electron chi connectivity index (χ4n) is 2.07. The van der Waals surface area contributed by atoms with E-state index in [1.807, 2.05) is 0 Å². The zero-order valence-corrected chi connectivity index (χ0v) is 9.88. The van der Waals surface area contributed by atoms with Crippen molar-refractivity contribution in [1.82, 2.24) is 0 Å². The number of hydrogen-bond donors (Lipinski definition) is 1. The van der Waals surface area contributed by atoms with Gasteiger partial charge in [-0.2, -0.15) is 13.2 Å². The molecule has 0 aliphatic carbocycles. The number of nitrogens with zero attached hydrogens (tertiary/aromatic N) is 1. The number of alkyl halides is 3. The molecule has 0 bridgehead atoms. The number of benzene rings is 1. The summed E-state index contributed by atoms with van der Waals surface area (Å²) in [6.07, 6.45) is -4.41. The third-order valence-electron chi connectivity index (χ3n) is 3.10. The van der Waals surface area contributed by atoms with E-state index in [1.54, 1.807) is 0 Å². The summed E-state index contributed by atoms with van der Waals surface area (Å²) in [5.41, 5.74) is 4.23. The van der Waals surface area contributed by atoms with E-state index in [9.17, 15) is 22.4 Å². The Kier molecular flexibility index (Phi) is 3.49. The quantitative estimate of drug-likeness (QED) is 0.841. The van der Waals surface area contributed by atoms with Crippen LogP contribution in [0.2, 0.25) is 0 Å². The molecule has 0 spiro atoms. The minimum absolute atomic E-state index is 0.0887. The highest BCUT2D eigenvalue weighted by Crippen LogP contribution is 2.33. The minimum atomic E-state index is -4.60. The Hall–Kier alpha value is -1.63. The summed E-state index contributed by atoms with van der Waals surface area (Å²) in [4.78, 5) is 12.8. The highest BCUT2D eigenvalue weighted by molar-refractivity contribution is 5.95. The number of halogens is 4. The lowest BCUT2D eigenvalue weighted by Crippen LogP contribution is -2.26. The van der Waals surface area contributed by atoms with Gasteiger partial charge in [-0.3, -0.25) is 4.79 Å². The molecule has 1 saturated heterocycles. The van der Waals surface area contributed by atoms with E-state index in [0.29, 0.717) is 6.07 Å². The zero-order valence-electron chi connectivity index (χ0n) is 9.88. The first-order valence-corrected chi connectivity index (χ1v) is 5.70. The van der Waals surface area contributed by atoms with Gasteiger partial charge in [0.15, 0.2) is 0 Å². The molecule has 2 N–H and O–H groups in total. The molecule has 2 rings (SSSR count). The molecule has 104 valence electrons. The van der Waals surface area contributed by atoms with Crippen molar-refractivity contribution >= 4 is 11.6 Å². The number of rotatable bonds is 2. The molecule has 0 radical (unpaired) electrons. The SMILES string of the molecule is NCC1CC(=O)N(c2ccc(C(F)(F)F)cc2F)C1. The molecule has 1 aliphatic rings. The Balaban J connectivity index is 2.30. The molecule has 1 unspecified atom stereocenters. The number of hydrogen-bond acceptors (Lipinski definition) is 2. The Morgan fingerprint density at radius 3 is 2.53 bits per heavy atom. The van der Waals surface area contributed by atoms with Crippen LogP contribution in [-0.4, -0.2) is 19.0 Å². The summed E-state index contributed by atoms with van der Waals surface area (Å²) in [6, 6.07) is 2.15. The Morgan fingerprint density at radius 2 is 2.05 bits per heavy atom.